The van der Waals surface area contributed by atoms with Gasteiger partial charge in [-0.05, 0) is 17.3 Å². The zero-order chi connectivity index (χ0) is 11.0. The third-order valence-corrected chi connectivity index (χ3v) is 2.27. The van der Waals surface area contributed by atoms with Crippen molar-refractivity contribution >= 4 is 10.9 Å². The third kappa shape index (κ3) is 1.28. The van der Waals surface area contributed by atoms with Crippen molar-refractivity contribution in [3.8, 4) is 17.3 Å². The van der Waals surface area contributed by atoms with Gasteiger partial charge in [-0.15, -0.1) is 10.2 Å². The number of H-pyrrole nitrogens is 1. The Morgan fingerprint density at radius 1 is 1.12 bits per heavy atom. The second-order valence-corrected chi connectivity index (χ2v) is 3.28. The van der Waals surface area contributed by atoms with E-state index in [0.717, 1.165) is 5.39 Å². The predicted octanol–water partition coefficient (Wildman–Crippen LogP) is 1.12. The molecule has 6 heteroatoms. The van der Waals surface area contributed by atoms with Crippen LogP contribution in [-0.4, -0.2) is 30.7 Å². The summed E-state index contributed by atoms with van der Waals surface area (Å²) in [6.45, 7) is 0. The van der Waals surface area contributed by atoms with Gasteiger partial charge in [-0.2, -0.15) is 5.21 Å². The first-order valence-corrected chi connectivity index (χ1v) is 4.67. The first kappa shape index (κ1) is 8.78. The van der Waals surface area contributed by atoms with Crippen molar-refractivity contribution in [1.82, 2.24) is 25.6 Å². The van der Waals surface area contributed by atoms with Crippen molar-refractivity contribution in [3.05, 3.63) is 30.3 Å². The van der Waals surface area contributed by atoms with E-state index >= 15 is 0 Å². The van der Waals surface area contributed by atoms with E-state index < -0.39 is 0 Å². The molecule has 3 aromatic rings. The molecule has 0 unspecified atom stereocenters. The number of aromatic nitrogens is 5. The molecular weight excluding hydrogens is 206 g/mol. The normalized spacial score (nSPS) is 10.8. The molecule has 0 aliphatic rings. The predicted molar refractivity (Wildman–Crippen MR) is 56.6 cm³/mol. The van der Waals surface area contributed by atoms with Crippen molar-refractivity contribution in [3.63, 3.8) is 0 Å². The molecule has 2 aromatic heterocycles. The summed E-state index contributed by atoms with van der Waals surface area (Å²) >= 11 is 0. The molecule has 0 amide bonds. The number of benzene rings is 1. The zero-order valence-corrected chi connectivity index (χ0v) is 8.12. The number of tetrazole rings is 1. The fourth-order valence-corrected chi connectivity index (χ4v) is 1.53. The van der Waals surface area contributed by atoms with E-state index in [9.17, 15) is 5.11 Å². The lowest BCUT2D eigenvalue weighted by Crippen LogP contribution is -1.87. The van der Waals surface area contributed by atoms with E-state index in [2.05, 4.69) is 25.6 Å². The summed E-state index contributed by atoms with van der Waals surface area (Å²) in [5.41, 5.74) is 1.10. The number of pyridine rings is 1. The number of phenols is 1. The number of hydrogen-bond acceptors (Lipinski definition) is 5. The second kappa shape index (κ2) is 3.27. The highest BCUT2D eigenvalue weighted by Crippen LogP contribution is 2.24. The average molecular weight is 213 g/mol. The summed E-state index contributed by atoms with van der Waals surface area (Å²) in [7, 11) is 0. The minimum absolute atomic E-state index is 0.142. The number of fused-ring (bicyclic) bond motifs is 1. The van der Waals surface area contributed by atoms with E-state index in [1.165, 1.54) is 0 Å². The molecule has 0 aliphatic heterocycles. The van der Waals surface area contributed by atoms with Crippen LogP contribution in [-0.2, 0) is 0 Å². The molecule has 16 heavy (non-hydrogen) atoms. The lowest BCUT2D eigenvalue weighted by Gasteiger charge is -2.00. The summed E-state index contributed by atoms with van der Waals surface area (Å²) < 4.78 is 0. The van der Waals surface area contributed by atoms with Crippen LogP contribution in [0.3, 0.4) is 0 Å². The fourth-order valence-electron chi connectivity index (χ4n) is 1.53. The van der Waals surface area contributed by atoms with Crippen molar-refractivity contribution in [2.75, 3.05) is 0 Å². The molecule has 0 bridgehead atoms. The highest BCUT2D eigenvalue weighted by molar-refractivity contribution is 5.85. The number of hydrogen-bond donors (Lipinski definition) is 2. The lowest BCUT2D eigenvalue weighted by atomic mass is 10.2. The number of phenolic OH excluding ortho intramolecular Hbond substituents is 1. The largest absolute Gasteiger partial charge is 0.506 e. The quantitative estimate of drug-likeness (QED) is 0.632. The Hall–Kier alpha value is -2.50. The third-order valence-electron chi connectivity index (χ3n) is 2.27. The number of para-hydroxylation sites is 1. The van der Waals surface area contributed by atoms with Gasteiger partial charge >= 0.3 is 0 Å². The number of nitrogens with zero attached hydrogens (tertiary/aromatic N) is 4. The van der Waals surface area contributed by atoms with Gasteiger partial charge in [0.25, 0.3) is 0 Å². The summed E-state index contributed by atoms with van der Waals surface area (Å²) in [6, 6.07) is 8.88. The first-order valence-electron chi connectivity index (χ1n) is 4.67. The molecule has 0 spiro atoms. The number of aromatic hydroxyl groups is 1. The van der Waals surface area contributed by atoms with Crippen LogP contribution in [0.5, 0.6) is 5.75 Å². The molecule has 0 fully saturated rings. The Kier molecular flexibility index (Phi) is 1.79. The Morgan fingerprint density at radius 2 is 2.06 bits per heavy atom. The maximum atomic E-state index is 9.67. The van der Waals surface area contributed by atoms with Gasteiger partial charge in [0.15, 0.2) is 0 Å². The molecule has 0 radical (unpaired) electrons. The molecule has 2 heterocycles. The molecule has 6 nitrogen and oxygen atoms in total. The van der Waals surface area contributed by atoms with E-state index in [-0.39, 0.29) is 5.75 Å². The van der Waals surface area contributed by atoms with Gasteiger partial charge in [-0.3, -0.25) is 0 Å². The topological polar surface area (TPSA) is 87.6 Å². The molecule has 0 saturated carbocycles. The smallest absolute Gasteiger partial charge is 0.222 e. The van der Waals surface area contributed by atoms with Gasteiger partial charge < -0.3 is 5.11 Å². The Balaban J connectivity index is 2.27. The van der Waals surface area contributed by atoms with Gasteiger partial charge in [0.2, 0.25) is 5.82 Å². The highest BCUT2D eigenvalue weighted by atomic mass is 16.3. The van der Waals surface area contributed by atoms with Crippen LogP contribution in [0.1, 0.15) is 0 Å². The van der Waals surface area contributed by atoms with E-state index in [1.807, 2.05) is 12.1 Å². The number of nitrogens with one attached hydrogen (secondary N) is 1. The molecule has 2 N–H and O–H groups in total. The summed E-state index contributed by atoms with van der Waals surface area (Å²) in [5, 5.41) is 24.0. The van der Waals surface area contributed by atoms with E-state index in [0.29, 0.717) is 17.0 Å². The number of aromatic amines is 1. The molecular formula is C10H7N5O. The van der Waals surface area contributed by atoms with Gasteiger partial charge in [-0.1, -0.05) is 18.2 Å². The van der Waals surface area contributed by atoms with Gasteiger partial charge in [-0.25, -0.2) is 4.98 Å². The molecule has 0 saturated heterocycles. The van der Waals surface area contributed by atoms with E-state index in [1.54, 1.807) is 18.2 Å². The van der Waals surface area contributed by atoms with Gasteiger partial charge in [0.05, 0.1) is 0 Å². The van der Waals surface area contributed by atoms with Crippen molar-refractivity contribution in [2.24, 2.45) is 0 Å². The molecule has 78 valence electrons. The standard InChI is InChI=1S/C10H7N5O/c16-8-3-1-2-6-4-5-7(11-9(6)8)10-12-14-15-13-10/h1-5,16H,(H,12,13,14,15). The van der Waals surface area contributed by atoms with Crippen LogP contribution in [0.2, 0.25) is 0 Å². The molecule has 1 aromatic carbocycles. The van der Waals surface area contributed by atoms with Crippen LogP contribution in [0.25, 0.3) is 22.4 Å². The summed E-state index contributed by atoms with van der Waals surface area (Å²) in [5.74, 6) is 0.549. The lowest BCUT2D eigenvalue weighted by molar-refractivity contribution is 0.480. The molecule has 0 atom stereocenters. The molecule has 0 aliphatic carbocycles. The minimum Gasteiger partial charge on any atom is -0.506 e. The SMILES string of the molecule is Oc1cccc2ccc(-c3nn[nH]n3)nc12. The van der Waals surface area contributed by atoms with Crippen LogP contribution in [0.4, 0.5) is 0 Å². The fraction of sp³-hybridized carbons (Fsp3) is 0. The minimum atomic E-state index is 0.142. The van der Waals surface area contributed by atoms with E-state index in [4.69, 9.17) is 0 Å². The summed E-state index contributed by atoms with van der Waals surface area (Å²) in [6.07, 6.45) is 0. The van der Waals surface area contributed by atoms with Crippen LogP contribution in [0, 0.1) is 0 Å². The molecule has 3 rings (SSSR count). The second-order valence-electron chi connectivity index (χ2n) is 3.28. The maximum Gasteiger partial charge on any atom is 0.222 e. The number of rotatable bonds is 1. The Bertz CT molecular complexity index is 635. The monoisotopic (exact) mass is 213 g/mol. The van der Waals surface area contributed by atoms with Crippen molar-refractivity contribution in [2.45, 2.75) is 0 Å². The van der Waals surface area contributed by atoms with Crippen molar-refractivity contribution in [1.29, 1.82) is 0 Å². The van der Waals surface area contributed by atoms with Crippen LogP contribution < -0.4 is 0 Å². The van der Waals surface area contributed by atoms with Crippen LogP contribution in [0.15, 0.2) is 30.3 Å². The Morgan fingerprint density at radius 3 is 2.88 bits per heavy atom. The average Bonchev–Trinajstić information content (AvgIpc) is 2.83. The van der Waals surface area contributed by atoms with Gasteiger partial charge in [0, 0.05) is 5.39 Å². The highest BCUT2D eigenvalue weighted by Gasteiger charge is 2.07. The maximum absolute atomic E-state index is 9.67. The first-order chi connectivity index (χ1) is 7.84. The van der Waals surface area contributed by atoms with Crippen LogP contribution >= 0.6 is 0 Å². The zero-order valence-electron chi connectivity index (χ0n) is 8.12. The van der Waals surface area contributed by atoms with Gasteiger partial charge in [0.1, 0.15) is 17.0 Å². The Labute approximate surface area is 90.0 Å². The summed E-state index contributed by atoms with van der Waals surface area (Å²) in [4.78, 5) is 4.28. The van der Waals surface area contributed by atoms with Crippen molar-refractivity contribution < 1.29 is 5.11 Å².